The molecule has 1 heterocycles. The number of amides is 1. The lowest BCUT2D eigenvalue weighted by Gasteiger charge is -2.23. The maximum atomic E-state index is 11.6. The maximum absolute atomic E-state index is 11.6. The molecule has 1 N–H and O–H groups in total. The standard InChI is InChI=1S/C19H24N2O/c1-2-19(22)20-17-8-5-9-18(14-17)21-12-10-15-6-3-4-7-16(15)11-13-21/h3-9,14-16H,2,10-13H2,1H3,(H,20,22). The summed E-state index contributed by atoms with van der Waals surface area (Å²) in [6.07, 6.45) is 12.0. The number of nitrogens with zero attached hydrogens (tertiary/aromatic N) is 1. The average molecular weight is 296 g/mol. The number of carbonyl (C=O) groups is 1. The molecule has 1 aliphatic heterocycles. The van der Waals surface area contributed by atoms with E-state index in [0.29, 0.717) is 18.3 Å². The van der Waals surface area contributed by atoms with E-state index in [2.05, 4.69) is 46.7 Å². The summed E-state index contributed by atoms with van der Waals surface area (Å²) in [6, 6.07) is 8.22. The monoisotopic (exact) mass is 296 g/mol. The van der Waals surface area contributed by atoms with E-state index >= 15 is 0 Å². The van der Waals surface area contributed by atoms with Crippen LogP contribution in [0.2, 0.25) is 0 Å². The van der Waals surface area contributed by atoms with Crippen molar-refractivity contribution in [1.82, 2.24) is 0 Å². The Kier molecular flexibility index (Phi) is 4.62. The molecule has 2 aliphatic rings. The summed E-state index contributed by atoms with van der Waals surface area (Å²) in [6.45, 7) is 4.02. The molecule has 0 radical (unpaired) electrons. The lowest BCUT2D eigenvalue weighted by molar-refractivity contribution is -0.115. The van der Waals surface area contributed by atoms with Crippen LogP contribution in [0.1, 0.15) is 26.2 Å². The molecular formula is C19H24N2O. The Morgan fingerprint density at radius 2 is 1.86 bits per heavy atom. The summed E-state index contributed by atoms with van der Waals surface area (Å²) in [5.41, 5.74) is 2.10. The highest BCUT2D eigenvalue weighted by Crippen LogP contribution is 2.31. The van der Waals surface area contributed by atoms with E-state index < -0.39 is 0 Å². The minimum Gasteiger partial charge on any atom is -0.371 e. The van der Waals surface area contributed by atoms with Gasteiger partial charge in [-0.1, -0.05) is 37.3 Å². The Bertz CT molecular complexity index is 569. The number of fused-ring (bicyclic) bond motifs is 1. The second kappa shape index (κ2) is 6.82. The molecule has 116 valence electrons. The number of nitrogens with one attached hydrogen (secondary N) is 1. The Hall–Kier alpha value is -2.03. The normalized spacial score (nSPS) is 23.8. The van der Waals surface area contributed by atoms with Crippen LogP contribution in [-0.4, -0.2) is 19.0 Å². The van der Waals surface area contributed by atoms with Crippen molar-refractivity contribution in [3.05, 3.63) is 48.6 Å². The number of hydrogen-bond donors (Lipinski definition) is 1. The molecule has 0 bridgehead atoms. The zero-order valence-corrected chi connectivity index (χ0v) is 13.2. The highest BCUT2D eigenvalue weighted by molar-refractivity contribution is 5.91. The van der Waals surface area contributed by atoms with Gasteiger partial charge in [-0.15, -0.1) is 0 Å². The highest BCUT2D eigenvalue weighted by Gasteiger charge is 2.24. The second-order valence-corrected chi connectivity index (χ2v) is 6.11. The summed E-state index contributed by atoms with van der Waals surface area (Å²) in [5, 5.41) is 2.95. The van der Waals surface area contributed by atoms with Crippen LogP contribution in [0.25, 0.3) is 0 Å². The lowest BCUT2D eigenvalue weighted by atomic mass is 9.85. The molecule has 0 saturated carbocycles. The predicted molar refractivity (Wildman–Crippen MR) is 92.1 cm³/mol. The Morgan fingerprint density at radius 1 is 1.18 bits per heavy atom. The smallest absolute Gasteiger partial charge is 0.224 e. The van der Waals surface area contributed by atoms with E-state index in [1.54, 1.807) is 0 Å². The fourth-order valence-electron chi connectivity index (χ4n) is 3.33. The van der Waals surface area contributed by atoms with Crippen LogP contribution in [0.4, 0.5) is 11.4 Å². The van der Waals surface area contributed by atoms with E-state index in [9.17, 15) is 4.79 Å². The van der Waals surface area contributed by atoms with Crippen LogP contribution < -0.4 is 10.2 Å². The summed E-state index contributed by atoms with van der Waals surface area (Å²) >= 11 is 0. The highest BCUT2D eigenvalue weighted by atomic mass is 16.1. The molecule has 2 atom stereocenters. The number of carbonyl (C=O) groups excluding carboxylic acids is 1. The second-order valence-electron chi connectivity index (χ2n) is 6.11. The summed E-state index contributed by atoms with van der Waals surface area (Å²) < 4.78 is 0. The van der Waals surface area contributed by atoms with Gasteiger partial charge in [0.15, 0.2) is 0 Å². The minimum atomic E-state index is 0.0642. The van der Waals surface area contributed by atoms with E-state index in [4.69, 9.17) is 0 Å². The molecule has 1 aromatic rings. The quantitative estimate of drug-likeness (QED) is 0.914. The topological polar surface area (TPSA) is 32.3 Å². The molecule has 2 unspecified atom stereocenters. The Balaban J connectivity index is 1.71. The number of rotatable bonds is 3. The maximum Gasteiger partial charge on any atom is 0.224 e. The molecule has 3 heteroatoms. The number of anilines is 2. The van der Waals surface area contributed by atoms with Gasteiger partial charge >= 0.3 is 0 Å². The third-order valence-electron chi connectivity index (χ3n) is 4.66. The van der Waals surface area contributed by atoms with Crippen LogP contribution in [0.5, 0.6) is 0 Å². The van der Waals surface area contributed by atoms with Crippen molar-refractivity contribution in [2.75, 3.05) is 23.3 Å². The average Bonchev–Trinajstić information content (AvgIpc) is 2.77. The fraction of sp³-hybridized carbons (Fsp3) is 0.421. The van der Waals surface area contributed by atoms with Crippen LogP contribution in [0, 0.1) is 11.8 Å². The van der Waals surface area contributed by atoms with E-state index in [0.717, 1.165) is 18.8 Å². The number of allylic oxidation sites excluding steroid dienone is 4. The molecule has 1 saturated heterocycles. The van der Waals surface area contributed by atoms with Crippen molar-refractivity contribution in [2.24, 2.45) is 11.8 Å². The zero-order chi connectivity index (χ0) is 15.4. The molecule has 1 aromatic carbocycles. The zero-order valence-electron chi connectivity index (χ0n) is 13.2. The first-order chi connectivity index (χ1) is 10.8. The first-order valence-electron chi connectivity index (χ1n) is 8.26. The van der Waals surface area contributed by atoms with E-state index in [1.807, 2.05) is 19.1 Å². The van der Waals surface area contributed by atoms with Gasteiger partial charge in [-0.05, 0) is 42.9 Å². The summed E-state index contributed by atoms with van der Waals surface area (Å²) in [4.78, 5) is 14.0. The summed E-state index contributed by atoms with van der Waals surface area (Å²) in [7, 11) is 0. The van der Waals surface area contributed by atoms with Crippen molar-refractivity contribution in [3.8, 4) is 0 Å². The van der Waals surface area contributed by atoms with Crippen LogP contribution >= 0.6 is 0 Å². The van der Waals surface area contributed by atoms with Crippen molar-refractivity contribution in [1.29, 1.82) is 0 Å². The van der Waals surface area contributed by atoms with Gasteiger partial charge in [0.2, 0.25) is 5.91 Å². The van der Waals surface area contributed by atoms with Gasteiger partial charge in [-0.3, -0.25) is 4.79 Å². The Labute approximate surface area is 132 Å². The SMILES string of the molecule is CCC(=O)Nc1cccc(N2CCC3C=CC=CC3CC2)c1. The molecule has 1 aliphatic carbocycles. The van der Waals surface area contributed by atoms with Crippen molar-refractivity contribution >= 4 is 17.3 Å². The molecule has 3 nitrogen and oxygen atoms in total. The van der Waals surface area contributed by atoms with Gasteiger partial charge in [0.1, 0.15) is 0 Å². The first-order valence-corrected chi connectivity index (χ1v) is 8.26. The molecule has 22 heavy (non-hydrogen) atoms. The van der Waals surface area contributed by atoms with Gasteiger partial charge in [0.25, 0.3) is 0 Å². The summed E-state index contributed by atoms with van der Waals surface area (Å²) in [5.74, 6) is 1.42. The van der Waals surface area contributed by atoms with Crippen molar-refractivity contribution < 1.29 is 4.79 Å². The van der Waals surface area contributed by atoms with Crippen LogP contribution in [0.15, 0.2) is 48.6 Å². The Morgan fingerprint density at radius 3 is 2.50 bits per heavy atom. The minimum absolute atomic E-state index is 0.0642. The molecule has 0 aromatic heterocycles. The molecule has 0 spiro atoms. The van der Waals surface area contributed by atoms with Crippen molar-refractivity contribution in [3.63, 3.8) is 0 Å². The van der Waals surface area contributed by atoms with Gasteiger partial charge < -0.3 is 10.2 Å². The van der Waals surface area contributed by atoms with Crippen LogP contribution in [-0.2, 0) is 4.79 Å². The van der Waals surface area contributed by atoms with Gasteiger partial charge in [0.05, 0.1) is 0 Å². The first kappa shape index (κ1) is 14.9. The van der Waals surface area contributed by atoms with Gasteiger partial charge in [-0.25, -0.2) is 0 Å². The number of hydrogen-bond acceptors (Lipinski definition) is 2. The molecule has 3 rings (SSSR count). The lowest BCUT2D eigenvalue weighted by Crippen LogP contribution is -2.24. The fourth-order valence-corrected chi connectivity index (χ4v) is 3.33. The third-order valence-corrected chi connectivity index (χ3v) is 4.66. The van der Waals surface area contributed by atoms with Gasteiger partial charge in [0, 0.05) is 30.9 Å². The molecular weight excluding hydrogens is 272 g/mol. The largest absolute Gasteiger partial charge is 0.371 e. The molecule has 1 amide bonds. The number of benzene rings is 1. The van der Waals surface area contributed by atoms with Gasteiger partial charge in [-0.2, -0.15) is 0 Å². The van der Waals surface area contributed by atoms with E-state index in [-0.39, 0.29) is 5.91 Å². The van der Waals surface area contributed by atoms with Crippen LogP contribution in [0.3, 0.4) is 0 Å². The van der Waals surface area contributed by atoms with Crippen molar-refractivity contribution in [2.45, 2.75) is 26.2 Å². The predicted octanol–water partition coefficient (Wildman–Crippen LogP) is 3.99. The third kappa shape index (κ3) is 3.41. The van der Waals surface area contributed by atoms with E-state index in [1.165, 1.54) is 18.5 Å². The molecule has 1 fully saturated rings.